The average molecular weight is 393 g/mol. The van der Waals surface area contributed by atoms with Crippen LogP contribution < -0.4 is 9.93 Å². The zero-order chi connectivity index (χ0) is 19.1. The molecule has 0 aliphatic carbocycles. The van der Waals surface area contributed by atoms with Gasteiger partial charge in [0.15, 0.2) is 5.58 Å². The van der Waals surface area contributed by atoms with Crippen molar-refractivity contribution in [3.63, 3.8) is 0 Å². The van der Waals surface area contributed by atoms with Crippen LogP contribution in [0.2, 0.25) is 0 Å². The SMILES string of the molecule is COC(=O)c1cc2sc(N(C)S(=O)(=O)c3cccc(C)c3)cc2oc1=O. The third kappa shape index (κ3) is 3.11. The van der Waals surface area contributed by atoms with Gasteiger partial charge < -0.3 is 9.15 Å². The first-order valence-corrected chi connectivity index (χ1v) is 9.71. The fraction of sp³-hybridized carbons (Fsp3) is 0.176. The first kappa shape index (κ1) is 18.2. The van der Waals surface area contributed by atoms with Gasteiger partial charge in [0, 0.05) is 13.1 Å². The van der Waals surface area contributed by atoms with Crippen LogP contribution in [0.15, 0.2) is 50.5 Å². The molecule has 0 unspecified atom stereocenters. The molecule has 2 heterocycles. The van der Waals surface area contributed by atoms with Gasteiger partial charge in [-0.3, -0.25) is 4.31 Å². The number of thiophene rings is 1. The lowest BCUT2D eigenvalue weighted by atomic mass is 10.2. The summed E-state index contributed by atoms with van der Waals surface area (Å²) in [6.45, 7) is 1.81. The number of hydrogen-bond acceptors (Lipinski definition) is 7. The molecule has 0 saturated carbocycles. The van der Waals surface area contributed by atoms with E-state index in [1.165, 1.54) is 25.2 Å². The monoisotopic (exact) mass is 393 g/mol. The smallest absolute Gasteiger partial charge is 0.351 e. The normalized spacial score (nSPS) is 11.5. The molecule has 0 amide bonds. The second kappa shape index (κ2) is 6.58. The summed E-state index contributed by atoms with van der Waals surface area (Å²) in [5, 5.41) is 0.353. The average Bonchev–Trinajstić information content (AvgIpc) is 3.02. The molecule has 3 aromatic rings. The predicted molar refractivity (Wildman–Crippen MR) is 98.5 cm³/mol. The number of carbonyl (C=O) groups excluding carboxylic acids is 1. The van der Waals surface area contributed by atoms with Crippen molar-refractivity contribution in [2.75, 3.05) is 18.5 Å². The largest absolute Gasteiger partial charge is 0.465 e. The Balaban J connectivity index is 2.07. The van der Waals surface area contributed by atoms with Gasteiger partial charge in [0.1, 0.15) is 10.6 Å². The highest BCUT2D eigenvalue weighted by atomic mass is 32.2. The van der Waals surface area contributed by atoms with Crippen LogP contribution in [-0.2, 0) is 14.8 Å². The number of nitrogens with zero attached hydrogens (tertiary/aromatic N) is 1. The lowest BCUT2D eigenvalue weighted by molar-refractivity contribution is 0.0596. The van der Waals surface area contributed by atoms with Crippen molar-refractivity contribution >= 4 is 42.6 Å². The number of aryl methyl sites for hydroxylation is 1. The summed E-state index contributed by atoms with van der Waals surface area (Å²) in [4.78, 5) is 23.6. The van der Waals surface area contributed by atoms with Crippen molar-refractivity contribution in [1.82, 2.24) is 0 Å². The van der Waals surface area contributed by atoms with Crippen LogP contribution in [0.4, 0.5) is 5.00 Å². The highest BCUT2D eigenvalue weighted by Crippen LogP contribution is 2.34. The second-order valence-corrected chi connectivity index (χ2v) is 8.57. The summed E-state index contributed by atoms with van der Waals surface area (Å²) < 4.78 is 36.9. The zero-order valence-corrected chi connectivity index (χ0v) is 15.8. The van der Waals surface area contributed by atoms with Gasteiger partial charge in [-0.25, -0.2) is 18.0 Å². The Kier molecular flexibility index (Phi) is 4.59. The third-order valence-corrected chi connectivity index (χ3v) is 6.80. The first-order chi connectivity index (χ1) is 12.2. The molecule has 2 aromatic heterocycles. The molecule has 0 fully saturated rings. The summed E-state index contributed by atoms with van der Waals surface area (Å²) in [6.07, 6.45) is 0. The number of hydrogen-bond donors (Lipinski definition) is 0. The Hall–Kier alpha value is -2.65. The molecule has 0 bridgehead atoms. The van der Waals surface area contributed by atoms with Gasteiger partial charge in [0.05, 0.1) is 16.7 Å². The minimum atomic E-state index is -3.77. The minimum absolute atomic E-state index is 0.161. The maximum Gasteiger partial charge on any atom is 0.351 e. The van der Waals surface area contributed by atoms with Gasteiger partial charge in [-0.15, -0.1) is 11.3 Å². The Morgan fingerprint density at radius 3 is 2.62 bits per heavy atom. The Morgan fingerprint density at radius 2 is 1.96 bits per heavy atom. The van der Waals surface area contributed by atoms with Crippen molar-refractivity contribution in [2.45, 2.75) is 11.8 Å². The zero-order valence-electron chi connectivity index (χ0n) is 14.2. The van der Waals surface area contributed by atoms with Crippen LogP contribution >= 0.6 is 11.3 Å². The fourth-order valence-electron chi connectivity index (χ4n) is 2.36. The van der Waals surface area contributed by atoms with Crippen LogP contribution in [-0.4, -0.2) is 28.5 Å². The summed E-state index contributed by atoms with van der Waals surface area (Å²) in [7, 11) is -1.19. The number of sulfonamides is 1. The molecule has 0 N–H and O–H groups in total. The van der Waals surface area contributed by atoms with Crippen LogP contribution in [0, 0.1) is 6.92 Å². The van der Waals surface area contributed by atoms with E-state index in [0.717, 1.165) is 28.3 Å². The van der Waals surface area contributed by atoms with Crippen molar-refractivity contribution in [3.8, 4) is 0 Å². The fourth-order valence-corrected chi connectivity index (χ4v) is 4.86. The molecular weight excluding hydrogens is 378 g/mol. The number of methoxy groups -OCH3 is 1. The van der Waals surface area contributed by atoms with Crippen LogP contribution in [0.1, 0.15) is 15.9 Å². The molecule has 136 valence electrons. The highest BCUT2D eigenvalue weighted by Gasteiger charge is 2.24. The Labute approximate surface area is 153 Å². The number of carbonyl (C=O) groups is 1. The molecule has 0 atom stereocenters. The second-order valence-electron chi connectivity index (χ2n) is 5.54. The van der Waals surface area contributed by atoms with Crippen molar-refractivity contribution in [3.05, 3.63) is 57.9 Å². The summed E-state index contributed by atoms with van der Waals surface area (Å²) in [5.74, 6) is -0.809. The summed E-state index contributed by atoms with van der Waals surface area (Å²) >= 11 is 1.09. The van der Waals surface area contributed by atoms with E-state index in [2.05, 4.69) is 4.74 Å². The lowest BCUT2D eigenvalue weighted by Gasteiger charge is -2.17. The van der Waals surface area contributed by atoms with Gasteiger partial charge >= 0.3 is 11.6 Å². The molecule has 26 heavy (non-hydrogen) atoms. The van der Waals surface area contributed by atoms with E-state index in [0.29, 0.717) is 9.70 Å². The summed E-state index contributed by atoms with van der Waals surface area (Å²) in [6, 6.07) is 9.37. The van der Waals surface area contributed by atoms with Gasteiger partial charge in [-0.05, 0) is 30.7 Å². The molecular formula is C17H15NO6S2. The number of esters is 1. The van der Waals surface area contributed by atoms with Crippen LogP contribution in [0.25, 0.3) is 10.3 Å². The van der Waals surface area contributed by atoms with Gasteiger partial charge in [0.2, 0.25) is 0 Å². The quantitative estimate of drug-likeness (QED) is 0.633. The maximum absolute atomic E-state index is 12.8. The van der Waals surface area contributed by atoms with Crippen molar-refractivity contribution < 1.29 is 22.4 Å². The number of rotatable bonds is 4. The molecule has 1 aromatic carbocycles. The van der Waals surface area contributed by atoms with Crippen LogP contribution in [0.3, 0.4) is 0 Å². The predicted octanol–water partition coefficient (Wildman–Crippen LogP) is 2.77. The number of ether oxygens (including phenoxy) is 1. The topological polar surface area (TPSA) is 93.9 Å². The molecule has 0 aliphatic heterocycles. The van der Waals surface area contributed by atoms with E-state index in [9.17, 15) is 18.0 Å². The number of fused-ring (bicyclic) bond motifs is 1. The van der Waals surface area contributed by atoms with Gasteiger partial charge in [-0.2, -0.15) is 0 Å². The van der Waals surface area contributed by atoms with Crippen molar-refractivity contribution in [2.24, 2.45) is 0 Å². The Bertz CT molecular complexity index is 1160. The van der Waals surface area contributed by atoms with Gasteiger partial charge in [-0.1, -0.05) is 12.1 Å². The standard InChI is InChI=1S/C17H15NO6S2/c1-10-5-4-6-11(7-10)26(21,22)18(2)15-9-13-14(25-15)8-12(16(19)23-3)17(20)24-13/h4-9H,1-3H3. The maximum atomic E-state index is 12.8. The lowest BCUT2D eigenvalue weighted by Crippen LogP contribution is -2.25. The third-order valence-electron chi connectivity index (χ3n) is 3.77. The van der Waals surface area contributed by atoms with E-state index in [-0.39, 0.29) is 16.0 Å². The van der Waals surface area contributed by atoms with E-state index >= 15 is 0 Å². The van der Waals surface area contributed by atoms with E-state index in [1.54, 1.807) is 12.1 Å². The molecule has 3 rings (SSSR count). The highest BCUT2D eigenvalue weighted by molar-refractivity contribution is 7.93. The van der Waals surface area contributed by atoms with Crippen LogP contribution in [0.5, 0.6) is 0 Å². The van der Waals surface area contributed by atoms with E-state index in [1.807, 2.05) is 13.0 Å². The van der Waals surface area contributed by atoms with E-state index < -0.39 is 21.6 Å². The molecule has 0 spiro atoms. The molecule has 0 saturated heterocycles. The molecule has 7 nitrogen and oxygen atoms in total. The molecule has 0 radical (unpaired) electrons. The molecule has 9 heteroatoms. The van der Waals surface area contributed by atoms with Gasteiger partial charge in [0.25, 0.3) is 10.0 Å². The molecule has 0 aliphatic rings. The van der Waals surface area contributed by atoms with Crippen molar-refractivity contribution in [1.29, 1.82) is 0 Å². The minimum Gasteiger partial charge on any atom is -0.465 e. The number of anilines is 1. The summed E-state index contributed by atoms with van der Waals surface area (Å²) in [5.41, 5.74) is -0.0473. The number of benzene rings is 1. The van der Waals surface area contributed by atoms with E-state index in [4.69, 9.17) is 4.42 Å². The first-order valence-electron chi connectivity index (χ1n) is 7.45. The Morgan fingerprint density at radius 1 is 1.23 bits per heavy atom.